The summed E-state index contributed by atoms with van der Waals surface area (Å²) in [7, 11) is 0. The first-order valence-corrected chi connectivity index (χ1v) is 6.11. The molecule has 0 aliphatic carbocycles. The number of nitrogens with zero attached hydrogens (tertiary/aromatic N) is 1. The summed E-state index contributed by atoms with van der Waals surface area (Å²) in [4.78, 5) is 13.5. The first-order chi connectivity index (χ1) is 7.20. The maximum atomic E-state index is 11.7. The summed E-state index contributed by atoms with van der Waals surface area (Å²) in [5.41, 5.74) is 0.816. The number of anilines is 1. The third-order valence-corrected chi connectivity index (χ3v) is 3.83. The molecule has 0 N–H and O–H groups in total. The minimum absolute atomic E-state index is 0.168. The highest BCUT2D eigenvalue weighted by molar-refractivity contribution is 9.10. The van der Waals surface area contributed by atoms with Crippen molar-refractivity contribution < 1.29 is 4.79 Å². The molecular weight excluding hydrogens is 277 g/mol. The van der Waals surface area contributed by atoms with E-state index >= 15 is 0 Å². The molecule has 4 heteroatoms. The van der Waals surface area contributed by atoms with Crippen LogP contribution in [0.15, 0.2) is 22.7 Å². The number of hydrogen-bond acceptors (Lipinski definition) is 1. The molecule has 1 aromatic rings. The molecule has 0 saturated carbocycles. The Hall–Kier alpha value is -0.540. The predicted octanol–water partition coefficient (Wildman–Crippen LogP) is 3.62. The van der Waals surface area contributed by atoms with Crippen LogP contribution in [0.1, 0.15) is 19.3 Å². The van der Waals surface area contributed by atoms with Crippen LogP contribution in [0, 0.1) is 0 Å². The fourth-order valence-corrected chi connectivity index (χ4v) is 2.35. The zero-order chi connectivity index (χ0) is 10.8. The standard InChI is InChI=1S/C11H11BrClNO/c12-8-4-3-5-9(11(8)13)14-7-2-1-6-10(14)15/h3-5H,1-2,6-7H2. The van der Waals surface area contributed by atoms with E-state index in [0.717, 1.165) is 29.5 Å². The summed E-state index contributed by atoms with van der Waals surface area (Å²) in [5, 5.41) is 0.618. The van der Waals surface area contributed by atoms with Gasteiger partial charge in [0.25, 0.3) is 0 Å². The van der Waals surface area contributed by atoms with Crippen molar-refractivity contribution in [2.45, 2.75) is 19.3 Å². The lowest BCUT2D eigenvalue weighted by Gasteiger charge is -2.27. The number of halogens is 2. The largest absolute Gasteiger partial charge is 0.311 e. The fourth-order valence-electron chi connectivity index (χ4n) is 1.76. The van der Waals surface area contributed by atoms with Crippen molar-refractivity contribution in [1.29, 1.82) is 0 Å². The van der Waals surface area contributed by atoms with Crippen LogP contribution in [0.2, 0.25) is 5.02 Å². The Kier molecular flexibility index (Phi) is 3.32. The summed E-state index contributed by atoms with van der Waals surface area (Å²) in [6.45, 7) is 0.773. The Morgan fingerprint density at radius 2 is 2.13 bits per heavy atom. The maximum Gasteiger partial charge on any atom is 0.227 e. The minimum atomic E-state index is 0.168. The van der Waals surface area contributed by atoms with Gasteiger partial charge in [-0.3, -0.25) is 4.79 Å². The van der Waals surface area contributed by atoms with Crippen molar-refractivity contribution in [2.24, 2.45) is 0 Å². The monoisotopic (exact) mass is 287 g/mol. The molecule has 0 atom stereocenters. The molecule has 1 aliphatic heterocycles. The van der Waals surface area contributed by atoms with E-state index in [1.165, 1.54) is 0 Å². The van der Waals surface area contributed by atoms with E-state index < -0.39 is 0 Å². The van der Waals surface area contributed by atoms with Gasteiger partial charge in [-0.1, -0.05) is 17.7 Å². The first-order valence-electron chi connectivity index (χ1n) is 4.94. The van der Waals surface area contributed by atoms with E-state index in [0.29, 0.717) is 11.4 Å². The van der Waals surface area contributed by atoms with Crippen LogP contribution in [0.3, 0.4) is 0 Å². The minimum Gasteiger partial charge on any atom is -0.311 e. The van der Waals surface area contributed by atoms with Gasteiger partial charge in [-0.15, -0.1) is 0 Å². The highest BCUT2D eigenvalue weighted by Gasteiger charge is 2.21. The molecule has 1 heterocycles. The van der Waals surface area contributed by atoms with E-state index in [9.17, 15) is 4.79 Å². The van der Waals surface area contributed by atoms with Gasteiger partial charge in [-0.05, 0) is 40.9 Å². The highest BCUT2D eigenvalue weighted by Crippen LogP contribution is 2.34. The Labute approximate surface area is 102 Å². The third-order valence-electron chi connectivity index (χ3n) is 2.55. The van der Waals surface area contributed by atoms with Gasteiger partial charge >= 0.3 is 0 Å². The second-order valence-electron chi connectivity index (χ2n) is 3.58. The van der Waals surface area contributed by atoms with Crippen LogP contribution in [0.5, 0.6) is 0 Å². The van der Waals surface area contributed by atoms with Gasteiger partial charge in [-0.25, -0.2) is 0 Å². The average molecular weight is 289 g/mol. The Bertz CT molecular complexity index is 394. The first kappa shape index (κ1) is 11.0. The summed E-state index contributed by atoms with van der Waals surface area (Å²) in [5.74, 6) is 0.168. The average Bonchev–Trinajstić information content (AvgIpc) is 2.23. The molecule has 1 aliphatic rings. The van der Waals surface area contributed by atoms with Crippen LogP contribution in [0.25, 0.3) is 0 Å². The molecule has 0 radical (unpaired) electrons. The van der Waals surface area contributed by atoms with Crippen LogP contribution in [-0.2, 0) is 4.79 Å². The molecule has 1 aromatic carbocycles. The van der Waals surface area contributed by atoms with Crippen molar-refractivity contribution >= 4 is 39.1 Å². The van der Waals surface area contributed by atoms with Gasteiger partial charge in [0.1, 0.15) is 0 Å². The van der Waals surface area contributed by atoms with Gasteiger partial charge in [0.15, 0.2) is 0 Å². The maximum absolute atomic E-state index is 11.7. The topological polar surface area (TPSA) is 20.3 Å². The molecule has 1 fully saturated rings. The molecule has 1 amide bonds. The molecular formula is C11H11BrClNO. The van der Waals surface area contributed by atoms with Crippen molar-refractivity contribution in [1.82, 2.24) is 0 Å². The number of benzene rings is 1. The predicted molar refractivity (Wildman–Crippen MR) is 65.4 cm³/mol. The van der Waals surface area contributed by atoms with Crippen molar-refractivity contribution in [2.75, 3.05) is 11.4 Å². The molecule has 80 valence electrons. The van der Waals surface area contributed by atoms with Crippen molar-refractivity contribution in [3.05, 3.63) is 27.7 Å². The zero-order valence-electron chi connectivity index (χ0n) is 8.17. The summed E-state index contributed by atoms with van der Waals surface area (Å²) >= 11 is 9.51. The number of piperidine rings is 1. The molecule has 0 aromatic heterocycles. The highest BCUT2D eigenvalue weighted by atomic mass is 79.9. The van der Waals surface area contributed by atoms with E-state index in [-0.39, 0.29) is 5.91 Å². The molecule has 0 bridgehead atoms. The van der Waals surface area contributed by atoms with Gasteiger partial charge < -0.3 is 4.90 Å². The lowest BCUT2D eigenvalue weighted by atomic mass is 10.1. The number of carbonyl (C=O) groups excluding carboxylic acids is 1. The molecule has 2 nitrogen and oxygen atoms in total. The fraction of sp³-hybridized carbons (Fsp3) is 0.364. The molecule has 2 rings (SSSR count). The number of hydrogen-bond donors (Lipinski definition) is 0. The lowest BCUT2D eigenvalue weighted by Crippen LogP contribution is -2.35. The van der Waals surface area contributed by atoms with Crippen molar-refractivity contribution in [3.8, 4) is 0 Å². The van der Waals surface area contributed by atoms with E-state index in [1.807, 2.05) is 18.2 Å². The number of rotatable bonds is 1. The number of amides is 1. The van der Waals surface area contributed by atoms with Crippen LogP contribution in [0.4, 0.5) is 5.69 Å². The smallest absolute Gasteiger partial charge is 0.227 e. The van der Waals surface area contributed by atoms with E-state index in [4.69, 9.17) is 11.6 Å². The Morgan fingerprint density at radius 1 is 1.33 bits per heavy atom. The second kappa shape index (κ2) is 4.54. The van der Waals surface area contributed by atoms with E-state index in [1.54, 1.807) is 4.90 Å². The summed E-state index contributed by atoms with van der Waals surface area (Å²) in [6, 6.07) is 5.66. The van der Waals surface area contributed by atoms with E-state index in [2.05, 4.69) is 15.9 Å². The number of carbonyl (C=O) groups is 1. The normalized spacial score (nSPS) is 16.9. The van der Waals surface area contributed by atoms with Gasteiger partial charge in [0.2, 0.25) is 5.91 Å². The van der Waals surface area contributed by atoms with Crippen molar-refractivity contribution in [3.63, 3.8) is 0 Å². The molecule has 0 spiro atoms. The van der Waals surface area contributed by atoms with Crippen LogP contribution >= 0.6 is 27.5 Å². The molecule has 0 unspecified atom stereocenters. The molecule has 1 saturated heterocycles. The lowest BCUT2D eigenvalue weighted by molar-refractivity contribution is -0.119. The van der Waals surface area contributed by atoms with Crippen LogP contribution < -0.4 is 4.90 Å². The SMILES string of the molecule is O=C1CCCCN1c1cccc(Br)c1Cl. The molecule has 15 heavy (non-hydrogen) atoms. The quantitative estimate of drug-likeness (QED) is 0.773. The summed E-state index contributed by atoms with van der Waals surface area (Å²) < 4.78 is 0.833. The van der Waals surface area contributed by atoms with Gasteiger partial charge in [0, 0.05) is 17.4 Å². The Balaban J connectivity index is 2.35. The third kappa shape index (κ3) is 2.18. The Morgan fingerprint density at radius 3 is 2.87 bits per heavy atom. The van der Waals surface area contributed by atoms with Crippen LogP contribution in [-0.4, -0.2) is 12.5 Å². The zero-order valence-corrected chi connectivity index (χ0v) is 10.5. The second-order valence-corrected chi connectivity index (χ2v) is 4.81. The summed E-state index contributed by atoms with van der Waals surface area (Å²) in [6.07, 6.45) is 2.67. The van der Waals surface area contributed by atoms with Gasteiger partial charge in [0.05, 0.1) is 10.7 Å². The van der Waals surface area contributed by atoms with Gasteiger partial charge in [-0.2, -0.15) is 0 Å².